The van der Waals surface area contributed by atoms with E-state index in [9.17, 15) is 4.79 Å². The van der Waals surface area contributed by atoms with E-state index in [0.29, 0.717) is 22.9 Å². The van der Waals surface area contributed by atoms with Crippen LogP contribution in [-0.2, 0) is 0 Å². The summed E-state index contributed by atoms with van der Waals surface area (Å²) in [6.45, 7) is 0. The van der Waals surface area contributed by atoms with Gasteiger partial charge in [-0.05, 0) is 35.9 Å². The van der Waals surface area contributed by atoms with Gasteiger partial charge in [-0.1, -0.05) is 12.1 Å². The van der Waals surface area contributed by atoms with Gasteiger partial charge in [0.1, 0.15) is 0 Å². The lowest BCUT2D eigenvalue weighted by Gasteiger charge is -2.11. The molecule has 2 aromatic heterocycles. The number of nitrogens with one attached hydrogen (secondary N) is 3. The molecular weight excluding hydrogens is 368 g/mol. The second kappa shape index (κ2) is 7.93. The Bertz CT molecular complexity index is 1150. The molecule has 7 nitrogen and oxygen atoms in total. The Hall–Kier alpha value is -4.00. The molecule has 0 aliphatic rings. The number of urea groups is 1. The molecule has 146 valence electrons. The van der Waals surface area contributed by atoms with Crippen molar-refractivity contribution in [1.29, 1.82) is 0 Å². The SMILES string of the molecule is COc1ccc(NC(=O)Nc2ccc(-c3c[nH]c4cnccc34)cc2)cc1OC. The maximum absolute atomic E-state index is 12.3. The standard InChI is InChI=1S/C22H20N4O3/c1-28-20-8-7-16(11-21(20)29-2)26-22(27)25-15-5-3-14(4-6-15)18-12-24-19-13-23-10-9-17(18)19/h3-13,24H,1-2H3,(H2,25,26,27). The first kappa shape index (κ1) is 18.4. The van der Waals surface area contributed by atoms with Gasteiger partial charge >= 0.3 is 6.03 Å². The van der Waals surface area contributed by atoms with E-state index in [1.165, 1.54) is 0 Å². The van der Waals surface area contributed by atoms with Gasteiger partial charge in [-0.25, -0.2) is 4.79 Å². The molecule has 2 aromatic carbocycles. The van der Waals surface area contributed by atoms with Gasteiger partial charge in [0, 0.05) is 40.8 Å². The van der Waals surface area contributed by atoms with Gasteiger partial charge in [-0.15, -0.1) is 0 Å². The topological polar surface area (TPSA) is 88.3 Å². The van der Waals surface area contributed by atoms with Crippen LogP contribution in [0.25, 0.3) is 22.0 Å². The molecule has 0 saturated heterocycles. The van der Waals surface area contributed by atoms with Gasteiger partial charge in [0.25, 0.3) is 0 Å². The van der Waals surface area contributed by atoms with Gasteiger partial charge in [0.2, 0.25) is 0 Å². The number of rotatable bonds is 5. The van der Waals surface area contributed by atoms with Crippen LogP contribution < -0.4 is 20.1 Å². The summed E-state index contributed by atoms with van der Waals surface area (Å²) in [6, 6.07) is 14.5. The first-order valence-electron chi connectivity index (χ1n) is 8.99. The number of anilines is 2. The molecule has 0 aliphatic carbocycles. The summed E-state index contributed by atoms with van der Waals surface area (Å²) in [4.78, 5) is 19.7. The number of H-pyrrole nitrogens is 1. The van der Waals surface area contributed by atoms with Crippen LogP contribution >= 0.6 is 0 Å². The summed E-state index contributed by atoms with van der Waals surface area (Å²) >= 11 is 0. The molecule has 29 heavy (non-hydrogen) atoms. The van der Waals surface area contributed by atoms with Crippen LogP contribution in [0, 0.1) is 0 Å². The average Bonchev–Trinajstić information content (AvgIpc) is 3.18. The molecular formula is C22H20N4O3. The van der Waals surface area contributed by atoms with E-state index in [1.54, 1.807) is 44.8 Å². The van der Waals surface area contributed by atoms with Crippen molar-refractivity contribution in [1.82, 2.24) is 9.97 Å². The van der Waals surface area contributed by atoms with E-state index in [1.807, 2.05) is 36.5 Å². The van der Waals surface area contributed by atoms with E-state index in [-0.39, 0.29) is 6.03 Å². The Morgan fingerprint density at radius 1 is 0.931 bits per heavy atom. The molecule has 0 saturated carbocycles. The quantitative estimate of drug-likeness (QED) is 0.454. The summed E-state index contributed by atoms with van der Waals surface area (Å²) in [5.74, 6) is 1.14. The molecule has 0 fully saturated rings. The number of carbonyl (C=O) groups excluding carboxylic acids is 1. The Balaban J connectivity index is 1.45. The number of fused-ring (bicyclic) bond motifs is 1. The van der Waals surface area contributed by atoms with E-state index in [4.69, 9.17) is 9.47 Å². The van der Waals surface area contributed by atoms with Crippen molar-refractivity contribution in [3.05, 3.63) is 67.1 Å². The lowest BCUT2D eigenvalue weighted by Crippen LogP contribution is -2.19. The minimum Gasteiger partial charge on any atom is -0.493 e. The van der Waals surface area contributed by atoms with Crippen LogP contribution in [-0.4, -0.2) is 30.2 Å². The normalized spacial score (nSPS) is 10.6. The van der Waals surface area contributed by atoms with Gasteiger partial charge in [-0.2, -0.15) is 0 Å². The zero-order valence-electron chi connectivity index (χ0n) is 16.0. The van der Waals surface area contributed by atoms with Crippen molar-refractivity contribution in [2.75, 3.05) is 24.9 Å². The molecule has 4 rings (SSSR count). The highest BCUT2D eigenvalue weighted by atomic mass is 16.5. The third-order valence-electron chi connectivity index (χ3n) is 4.58. The fourth-order valence-corrected chi connectivity index (χ4v) is 3.15. The van der Waals surface area contributed by atoms with Crippen LogP contribution in [0.15, 0.2) is 67.1 Å². The number of pyridine rings is 1. The molecule has 4 aromatic rings. The lowest BCUT2D eigenvalue weighted by atomic mass is 10.1. The number of ether oxygens (including phenoxy) is 2. The van der Waals surface area contributed by atoms with E-state index < -0.39 is 0 Å². The molecule has 2 amide bonds. The summed E-state index contributed by atoms with van der Waals surface area (Å²) < 4.78 is 10.5. The van der Waals surface area contributed by atoms with Crippen molar-refractivity contribution < 1.29 is 14.3 Å². The summed E-state index contributed by atoms with van der Waals surface area (Å²) in [5, 5.41) is 6.72. The van der Waals surface area contributed by atoms with Crippen LogP contribution in [0.4, 0.5) is 16.2 Å². The molecule has 0 aliphatic heterocycles. The molecule has 0 atom stereocenters. The van der Waals surface area contributed by atoms with E-state index in [2.05, 4.69) is 20.6 Å². The number of amides is 2. The summed E-state index contributed by atoms with van der Waals surface area (Å²) in [7, 11) is 3.11. The minimum atomic E-state index is -0.344. The molecule has 0 radical (unpaired) electrons. The van der Waals surface area contributed by atoms with Gasteiger partial charge in [0.15, 0.2) is 11.5 Å². The molecule has 2 heterocycles. The van der Waals surface area contributed by atoms with Crippen LogP contribution in [0.1, 0.15) is 0 Å². The van der Waals surface area contributed by atoms with Crippen LogP contribution in [0.5, 0.6) is 11.5 Å². The number of aromatic nitrogens is 2. The summed E-state index contributed by atoms with van der Waals surface area (Å²) in [6.07, 6.45) is 5.53. The third kappa shape index (κ3) is 3.84. The zero-order valence-corrected chi connectivity index (χ0v) is 16.0. The van der Waals surface area contributed by atoms with Crippen molar-refractivity contribution >= 4 is 28.3 Å². The highest BCUT2D eigenvalue weighted by molar-refractivity contribution is 6.00. The van der Waals surface area contributed by atoms with Gasteiger partial charge < -0.3 is 25.1 Å². The number of aromatic amines is 1. The first-order chi connectivity index (χ1) is 14.2. The van der Waals surface area contributed by atoms with Crippen molar-refractivity contribution in [2.45, 2.75) is 0 Å². The number of hydrogen-bond donors (Lipinski definition) is 3. The number of carbonyl (C=O) groups is 1. The Morgan fingerprint density at radius 2 is 1.66 bits per heavy atom. The second-order valence-electron chi connectivity index (χ2n) is 6.35. The largest absolute Gasteiger partial charge is 0.493 e. The Labute approximate surface area is 167 Å². The third-order valence-corrected chi connectivity index (χ3v) is 4.58. The summed E-state index contributed by atoms with van der Waals surface area (Å²) in [5.41, 5.74) is 4.41. The molecule has 0 unspecified atom stereocenters. The smallest absolute Gasteiger partial charge is 0.323 e. The van der Waals surface area contributed by atoms with Crippen molar-refractivity contribution in [3.63, 3.8) is 0 Å². The minimum absolute atomic E-state index is 0.344. The maximum atomic E-state index is 12.3. The van der Waals surface area contributed by atoms with Crippen molar-refractivity contribution in [3.8, 4) is 22.6 Å². The molecule has 0 bridgehead atoms. The van der Waals surface area contributed by atoms with Crippen LogP contribution in [0.2, 0.25) is 0 Å². The number of hydrogen-bond acceptors (Lipinski definition) is 4. The predicted molar refractivity (Wildman–Crippen MR) is 114 cm³/mol. The molecule has 7 heteroatoms. The Morgan fingerprint density at radius 3 is 2.41 bits per heavy atom. The number of benzene rings is 2. The molecule has 3 N–H and O–H groups in total. The fraction of sp³-hybridized carbons (Fsp3) is 0.0909. The average molecular weight is 388 g/mol. The van der Waals surface area contributed by atoms with E-state index in [0.717, 1.165) is 22.0 Å². The van der Waals surface area contributed by atoms with E-state index >= 15 is 0 Å². The zero-order chi connectivity index (χ0) is 20.2. The first-order valence-corrected chi connectivity index (χ1v) is 8.99. The fourth-order valence-electron chi connectivity index (χ4n) is 3.15. The predicted octanol–water partition coefficient (Wildman–Crippen LogP) is 4.89. The Kier molecular flexibility index (Phi) is 5.03. The second-order valence-corrected chi connectivity index (χ2v) is 6.35. The van der Waals surface area contributed by atoms with Crippen molar-refractivity contribution in [2.24, 2.45) is 0 Å². The lowest BCUT2D eigenvalue weighted by molar-refractivity contribution is 0.262. The maximum Gasteiger partial charge on any atom is 0.323 e. The van der Waals surface area contributed by atoms with Gasteiger partial charge in [0.05, 0.1) is 25.9 Å². The van der Waals surface area contributed by atoms with Crippen LogP contribution in [0.3, 0.4) is 0 Å². The highest BCUT2D eigenvalue weighted by Crippen LogP contribution is 2.30. The molecule has 0 spiro atoms. The number of methoxy groups -OCH3 is 2. The monoisotopic (exact) mass is 388 g/mol. The number of nitrogens with zero attached hydrogens (tertiary/aromatic N) is 1. The van der Waals surface area contributed by atoms with Gasteiger partial charge in [-0.3, -0.25) is 4.98 Å². The highest BCUT2D eigenvalue weighted by Gasteiger charge is 2.09.